The zero-order valence-electron chi connectivity index (χ0n) is 10.8. The zero-order chi connectivity index (χ0) is 13.8. The Kier molecular flexibility index (Phi) is 3.74. The Morgan fingerprint density at radius 2 is 2.21 bits per heavy atom. The lowest BCUT2D eigenvalue weighted by Gasteiger charge is -2.15. The van der Waals surface area contributed by atoms with E-state index in [0.29, 0.717) is 11.5 Å². The van der Waals surface area contributed by atoms with E-state index >= 15 is 0 Å². The van der Waals surface area contributed by atoms with Crippen molar-refractivity contribution < 1.29 is 4.79 Å². The molecule has 0 spiro atoms. The van der Waals surface area contributed by atoms with Crippen LogP contribution in [0.3, 0.4) is 0 Å². The molecule has 0 atom stereocenters. The number of H-pyrrole nitrogens is 2. The summed E-state index contributed by atoms with van der Waals surface area (Å²) in [5, 5.41) is 6.01. The van der Waals surface area contributed by atoms with Gasteiger partial charge >= 0.3 is 5.69 Å². The van der Waals surface area contributed by atoms with E-state index in [0.717, 1.165) is 12.1 Å². The molecule has 0 aliphatic carbocycles. The number of rotatable bonds is 4. The topological polar surface area (TPSA) is 94.7 Å². The smallest absolute Gasteiger partial charge is 0.333 e. The molecule has 2 rings (SSSR count). The van der Waals surface area contributed by atoms with Gasteiger partial charge in [0.2, 0.25) is 0 Å². The molecule has 0 radical (unpaired) electrons. The Hall–Kier alpha value is -2.44. The maximum absolute atomic E-state index is 12.2. The molecule has 100 valence electrons. The lowest BCUT2D eigenvalue weighted by Crippen LogP contribution is -2.27. The number of carbonyl (C=O) groups is 1. The lowest BCUT2D eigenvalue weighted by molar-refractivity contribution is 0.0775. The normalized spacial score (nSPS) is 10.4. The molecule has 0 saturated carbocycles. The van der Waals surface area contributed by atoms with Gasteiger partial charge < -0.3 is 4.90 Å². The van der Waals surface area contributed by atoms with Crippen LogP contribution in [0.1, 0.15) is 28.9 Å². The highest BCUT2D eigenvalue weighted by Crippen LogP contribution is 2.05. The second kappa shape index (κ2) is 5.47. The number of nitrogens with zero attached hydrogens (tertiary/aromatic N) is 3. The highest BCUT2D eigenvalue weighted by atomic mass is 16.2. The average molecular weight is 261 g/mol. The molecule has 7 nitrogen and oxygen atoms in total. The first-order valence-electron chi connectivity index (χ1n) is 5.95. The molecule has 1 amide bonds. The van der Waals surface area contributed by atoms with Crippen molar-refractivity contribution in [1.29, 1.82) is 0 Å². The second-order valence-electron chi connectivity index (χ2n) is 4.15. The summed E-state index contributed by atoms with van der Waals surface area (Å²) in [5.74, 6) is 0.201. The summed E-state index contributed by atoms with van der Waals surface area (Å²) in [6.07, 6.45) is 0.775. The van der Waals surface area contributed by atoms with Gasteiger partial charge in [0.15, 0.2) is 5.82 Å². The van der Waals surface area contributed by atoms with Crippen molar-refractivity contribution in [1.82, 2.24) is 25.1 Å². The average Bonchev–Trinajstić information content (AvgIpc) is 2.83. The third-order valence-electron chi connectivity index (χ3n) is 2.67. The van der Waals surface area contributed by atoms with Gasteiger partial charge in [0.1, 0.15) is 5.69 Å². The summed E-state index contributed by atoms with van der Waals surface area (Å²) < 4.78 is 0. The van der Waals surface area contributed by atoms with Gasteiger partial charge in [0, 0.05) is 12.7 Å². The number of pyridine rings is 1. The van der Waals surface area contributed by atoms with Crippen molar-refractivity contribution in [2.24, 2.45) is 0 Å². The van der Waals surface area contributed by atoms with Gasteiger partial charge in [-0.25, -0.2) is 14.9 Å². The minimum Gasteiger partial charge on any atom is -0.333 e. The second-order valence-corrected chi connectivity index (χ2v) is 4.15. The van der Waals surface area contributed by atoms with E-state index in [-0.39, 0.29) is 18.1 Å². The molecule has 2 aromatic rings. The van der Waals surface area contributed by atoms with Gasteiger partial charge in [-0.15, -0.1) is 0 Å². The Balaban J connectivity index is 2.11. The van der Waals surface area contributed by atoms with Crippen LogP contribution in [0, 0.1) is 0 Å². The maximum Gasteiger partial charge on any atom is 0.340 e. The molecular formula is C12H15N5O2. The molecule has 2 aromatic heterocycles. The number of aryl methyl sites for hydroxylation is 1. The largest absolute Gasteiger partial charge is 0.340 e. The SMILES string of the molecule is CCc1cccc(C(=O)N(C)Cc2n[nH]c(=O)[nH]2)n1. The van der Waals surface area contributed by atoms with Crippen LogP contribution in [0.15, 0.2) is 23.0 Å². The number of aromatic amines is 2. The van der Waals surface area contributed by atoms with Crippen LogP contribution in [-0.2, 0) is 13.0 Å². The summed E-state index contributed by atoms with van der Waals surface area (Å²) in [5.41, 5.74) is 0.870. The molecule has 0 fully saturated rings. The van der Waals surface area contributed by atoms with Crippen molar-refractivity contribution in [3.8, 4) is 0 Å². The first-order valence-corrected chi connectivity index (χ1v) is 5.95. The summed E-state index contributed by atoms with van der Waals surface area (Å²) >= 11 is 0. The predicted octanol–water partition coefficient (Wildman–Crippen LogP) is 0.328. The van der Waals surface area contributed by atoms with Gasteiger partial charge in [-0.1, -0.05) is 13.0 Å². The van der Waals surface area contributed by atoms with E-state index < -0.39 is 0 Å². The molecule has 2 heterocycles. The molecule has 0 bridgehead atoms. The predicted molar refractivity (Wildman–Crippen MR) is 68.6 cm³/mol. The zero-order valence-corrected chi connectivity index (χ0v) is 10.8. The quantitative estimate of drug-likeness (QED) is 0.829. The van der Waals surface area contributed by atoms with Crippen molar-refractivity contribution in [2.45, 2.75) is 19.9 Å². The van der Waals surface area contributed by atoms with E-state index in [4.69, 9.17) is 0 Å². The van der Waals surface area contributed by atoms with Crippen molar-refractivity contribution in [2.75, 3.05) is 7.05 Å². The lowest BCUT2D eigenvalue weighted by atomic mass is 10.2. The molecule has 0 aliphatic rings. The summed E-state index contributed by atoms with van der Waals surface area (Å²) in [6, 6.07) is 5.36. The number of hydrogen-bond acceptors (Lipinski definition) is 4. The van der Waals surface area contributed by atoms with Crippen LogP contribution in [-0.4, -0.2) is 38.0 Å². The molecule has 0 aliphatic heterocycles. The molecule has 0 unspecified atom stereocenters. The monoisotopic (exact) mass is 261 g/mol. The van der Waals surface area contributed by atoms with Gasteiger partial charge in [-0.3, -0.25) is 9.78 Å². The minimum absolute atomic E-state index is 0.209. The summed E-state index contributed by atoms with van der Waals surface area (Å²) in [6.45, 7) is 2.20. The van der Waals surface area contributed by atoms with Crippen LogP contribution in [0.25, 0.3) is 0 Å². The molecule has 0 saturated heterocycles. The highest BCUT2D eigenvalue weighted by Gasteiger charge is 2.15. The van der Waals surface area contributed by atoms with E-state index in [1.165, 1.54) is 4.90 Å². The fourth-order valence-electron chi connectivity index (χ4n) is 1.67. The Morgan fingerprint density at radius 3 is 2.84 bits per heavy atom. The van der Waals surface area contributed by atoms with Crippen LogP contribution in [0.4, 0.5) is 0 Å². The number of amides is 1. The number of nitrogens with one attached hydrogen (secondary N) is 2. The molecular weight excluding hydrogens is 246 g/mol. The van der Waals surface area contributed by atoms with E-state index in [9.17, 15) is 9.59 Å². The summed E-state index contributed by atoms with van der Waals surface area (Å²) in [7, 11) is 1.63. The van der Waals surface area contributed by atoms with Crippen molar-refractivity contribution in [3.63, 3.8) is 0 Å². The van der Waals surface area contributed by atoms with Crippen LogP contribution >= 0.6 is 0 Å². The highest BCUT2D eigenvalue weighted by molar-refractivity contribution is 5.92. The van der Waals surface area contributed by atoms with Gasteiger partial charge in [-0.05, 0) is 18.6 Å². The molecule has 0 aromatic carbocycles. The van der Waals surface area contributed by atoms with E-state index in [1.54, 1.807) is 13.1 Å². The fraction of sp³-hybridized carbons (Fsp3) is 0.333. The standard InChI is InChI=1S/C12H15N5O2/c1-3-8-5-4-6-9(13-8)11(18)17(2)7-10-14-12(19)16-15-10/h4-6H,3,7H2,1-2H3,(H2,14,15,16,19). The van der Waals surface area contributed by atoms with E-state index in [1.807, 2.05) is 19.1 Å². The molecule has 7 heteroatoms. The summed E-state index contributed by atoms with van der Waals surface area (Å²) in [4.78, 5) is 31.3. The van der Waals surface area contributed by atoms with Gasteiger partial charge in [0.25, 0.3) is 5.91 Å². The third-order valence-corrected chi connectivity index (χ3v) is 2.67. The van der Waals surface area contributed by atoms with Crippen LogP contribution in [0.5, 0.6) is 0 Å². The van der Waals surface area contributed by atoms with Crippen molar-refractivity contribution >= 4 is 5.91 Å². The Bertz CT molecular complexity index is 631. The first kappa shape index (κ1) is 13.0. The van der Waals surface area contributed by atoms with Crippen LogP contribution < -0.4 is 5.69 Å². The third kappa shape index (κ3) is 3.06. The van der Waals surface area contributed by atoms with Crippen molar-refractivity contribution in [3.05, 3.63) is 45.9 Å². The van der Waals surface area contributed by atoms with E-state index in [2.05, 4.69) is 20.2 Å². The Morgan fingerprint density at radius 1 is 1.42 bits per heavy atom. The maximum atomic E-state index is 12.2. The number of carbonyl (C=O) groups excluding carboxylic acids is 1. The molecule has 19 heavy (non-hydrogen) atoms. The number of aromatic nitrogens is 4. The number of hydrogen-bond donors (Lipinski definition) is 2. The van der Waals surface area contributed by atoms with Gasteiger partial charge in [-0.2, -0.15) is 5.10 Å². The van der Waals surface area contributed by atoms with Gasteiger partial charge in [0.05, 0.1) is 6.54 Å². The van der Waals surface area contributed by atoms with Crippen LogP contribution in [0.2, 0.25) is 0 Å². The molecule has 2 N–H and O–H groups in total. The fourth-order valence-corrected chi connectivity index (χ4v) is 1.67. The Labute approximate surface area is 109 Å². The minimum atomic E-state index is -0.387. The first-order chi connectivity index (χ1) is 9.10.